The van der Waals surface area contributed by atoms with Gasteiger partial charge in [-0.2, -0.15) is 13.2 Å². The van der Waals surface area contributed by atoms with Crippen LogP contribution in [0.3, 0.4) is 0 Å². The van der Waals surface area contributed by atoms with E-state index in [9.17, 15) is 27.6 Å². The molecule has 0 aromatic heterocycles. The van der Waals surface area contributed by atoms with Gasteiger partial charge in [0.05, 0.1) is 5.56 Å². The standard InChI is InChI=1S/C23H20F3NO4/c1-14(22(30)18-7-8-20-17(13-18)10-11-27(20)15(2)28)31-21(29)9-6-16-4-3-5-19(12-16)23(24,25)26/h3-9,12-14H,10-11H2,1-2H3/b9-6+. The first kappa shape index (κ1) is 22.3. The van der Waals surface area contributed by atoms with Crippen molar-refractivity contribution in [2.45, 2.75) is 32.5 Å². The van der Waals surface area contributed by atoms with Gasteiger partial charge in [-0.3, -0.25) is 9.59 Å². The van der Waals surface area contributed by atoms with E-state index in [1.165, 1.54) is 32.1 Å². The lowest BCUT2D eigenvalue weighted by Crippen LogP contribution is -2.26. The van der Waals surface area contributed by atoms with Crippen LogP contribution in [-0.2, 0) is 26.9 Å². The Kier molecular flexibility index (Phi) is 6.29. The van der Waals surface area contributed by atoms with Gasteiger partial charge < -0.3 is 9.64 Å². The van der Waals surface area contributed by atoms with Crippen molar-refractivity contribution < 1.29 is 32.3 Å². The Labute approximate surface area is 177 Å². The number of benzene rings is 2. The number of anilines is 1. The fourth-order valence-corrected chi connectivity index (χ4v) is 3.37. The lowest BCUT2D eigenvalue weighted by Gasteiger charge is -2.15. The smallest absolute Gasteiger partial charge is 0.416 e. The highest BCUT2D eigenvalue weighted by atomic mass is 19.4. The minimum absolute atomic E-state index is 0.0762. The molecule has 0 bridgehead atoms. The minimum atomic E-state index is -4.48. The summed E-state index contributed by atoms with van der Waals surface area (Å²) in [6, 6.07) is 9.45. The average Bonchev–Trinajstić information content (AvgIpc) is 3.14. The molecule has 1 amide bonds. The number of ether oxygens (including phenoxy) is 1. The first-order chi connectivity index (χ1) is 14.6. The first-order valence-corrected chi connectivity index (χ1v) is 9.57. The summed E-state index contributed by atoms with van der Waals surface area (Å²) in [7, 11) is 0. The van der Waals surface area contributed by atoms with Gasteiger partial charge in [0.15, 0.2) is 6.10 Å². The molecule has 0 saturated carbocycles. The van der Waals surface area contributed by atoms with Crippen LogP contribution in [0.5, 0.6) is 0 Å². The number of carbonyl (C=O) groups is 3. The average molecular weight is 431 g/mol. The number of halogens is 3. The second kappa shape index (κ2) is 8.75. The molecule has 31 heavy (non-hydrogen) atoms. The molecule has 1 heterocycles. The number of alkyl halides is 3. The molecular weight excluding hydrogens is 411 g/mol. The Bertz CT molecular complexity index is 1060. The van der Waals surface area contributed by atoms with Gasteiger partial charge in [-0.15, -0.1) is 0 Å². The van der Waals surface area contributed by atoms with Crippen LogP contribution in [0.2, 0.25) is 0 Å². The van der Waals surface area contributed by atoms with E-state index in [0.29, 0.717) is 18.5 Å². The second-order valence-corrected chi connectivity index (χ2v) is 7.16. The summed E-state index contributed by atoms with van der Waals surface area (Å²) in [6.45, 7) is 3.45. The quantitative estimate of drug-likeness (QED) is 0.399. The number of hydrogen-bond donors (Lipinski definition) is 0. The molecule has 1 unspecified atom stereocenters. The van der Waals surface area contributed by atoms with Crippen LogP contribution < -0.4 is 4.90 Å². The van der Waals surface area contributed by atoms with E-state index in [1.54, 1.807) is 23.1 Å². The second-order valence-electron chi connectivity index (χ2n) is 7.16. The summed E-state index contributed by atoms with van der Waals surface area (Å²) >= 11 is 0. The van der Waals surface area contributed by atoms with Crippen LogP contribution in [0, 0.1) is 0 Å². The topological polar surface area (TPSA) is 63.7 Å². The Balaban J connectivity index is 1.64. The van der Waals surface area contributed by atoms with Crippen molar-refractivity contribution in [2.24, 2.45) is 0 Å². The molecule has 0 N–H and O–H groups in total. The van der Waals surface area contributed by atoms with Crippen LogP contribution in [0.25, 0.3) is 6.08 Å². The van der Waals surface area contributed by atoms with Crippen molar-refractivity contribution in [2.75, 3.05) is 11.4 Å². The monoisotopic (exact) mass is 431 g/mol. The molecular formula is C23H20F3NO4. The van der Waals surface area contributed by atoms with E-state index < -0.39 is 29.6 Å². The third-order valence-electron chi connectivity index (χ3n) is 4.93. The summed E-state index contributed by atoms with van der Waals surface area (Å²) in [6.07, 6.45) is -2.76. The van der Waals surface area contributed by atoms with Crippen molar-refractivity contribution in [3.8, 4) is 0 Å². The Morgan fingerprint density at radius 1 is 1.13 bits per heavy atom. The van der Waals surface area contributed by atoms with Crippen LogP contribution in [-0.4, -0.2) is 30.3 Å². The molecule has 1 aliphatic rings. The van der Waals surface area contributed by atoms with Crippen LogP contribution >= 0.6 is 0 Å². The molecule has 8 heteroatoms. The molecule has 0 spiro atoms. The zero-order chi connectivity index (χ0) is 22.8. The van der Waals surface area contributed by atoms with Gasteiger partial charge in [-0.05, 0) is 60.9 Å². The van der Waals surface area contributed by atoms with Gasteiger partial charge in [-0.1, -0.05) is 12.1 Å². The predicted molar refractivity (Wildman–Crippen MR) is 109 cm³/mol. The molecule has 1 aliphatic heterocycles. The van der Waals surface area contributed by atoms with Gasteiger partial charge in [0.1, 0.15) is 0 Å². The SMILES string of the molecule is CC(=O)N1CCc2cc(C(=O)C(C)OC(=O)/C=C/c3cccc(C(F)(F)F)c3)ccc21. The summed E-state index contributed by atoms with van der Waals surface area (Å²) in [5, 5.41) is 0. The Hall–Kier alpha value is -3.42. The number of fused-ring (bicyclic) bond motifs is 1. The van der Waals surface area contributed by atoms with E-state index in [2.05, 4.69) is 0 Å². The molecule has 0 fully saturated rings. The number of hydrogen-bond acceptors (Lipinski definition) is 4. The number of ketones is 1. The number of Topliss-reactive ketones (excluding diaryl/α,β-unsaturated/α-hetero) is 1. The fourth-order valence-electron chi connectivity index (χ4n) is 3.37. The van der Waals surface area contributed by atoms with Crippen LogP contribution in [0.1, 0.15) is 40.9 Å². The number of carbonyl (C=O) groups excluding carboxylic acids is 3. The number of esters is 1. The Morgan fingerprint density at radius 3 is 2.55 bits per heavy atom. The fraction of sp³-hybridized carbons (Fsp3) is 0.261. The van der Waals surface area contributed by atoms with Gasteiger partial charge in [0.2, 0.25) is 11.7 Å². The number of amides is 1. The summed E-state index contributed by atoms with van der Waals surface area (Å²) < 4.78 is 43.4. The summed E-state index contributed by atoms with van der Waals surface area (Å²) in [4.78, 5) is 37.9. The van der Waals surface area contributed by atoms with E-state index >= 15 is 0 Å². The molecule has 2 aromatic carbocycles. The molecule has 1 atom stereocenters. The minimum Gasteiger partial charge on any atom is -0.451 e. The molecule has 0 saturated heterocycles. The lowest BCUT2D eigenvalue weighted by atomic mass is 10.0. The molecule has 162 valence electrons. The highest BCUT2D eigenvalue weighted by Gasteiger charge is 2.30. The third kappa shape index (κ3) is 5.20. The summed E-state index contributed by atoms with van der Waals surface area (Å²) in [5.74, 6) is -1.33. The van der Waals surface area contributed by atoms with Crippen molar-refractivity contribution in [1.82, 2.24) is 0 Å². The van der Waals surface area contributed by atoms with Gasteiger partial charge in [-0.25, -0.2) is 4.79 Å². The zero-order valence-corrected chi connectivity index (χ0v) is 16.9. The van der Waals surface area contributed by atoms with E-state index in [0.717, 1.165) is 29.5 Å². The summed E-state index contributed by atoms with van der Waals surface area (Å²) in [5.41, 5.74) is 1.33. The predicted octanol–water partition coefficient (Wildman–Crippen LogP) is 4.44. The van der Waals surface area contributed by atoms with E-state index in [1.807, 2.05) is 0 Å². The maximum atomic E-state index is 12.8. The number of rotatable bonds is 5. The molecule has 0 aliphatic carbocycles. The van der Waals surface area contributed by atoms with Crippen LogP contribution in [0.4, 0.5) is 18.9 Å². The maximum absolute atomic E-state index is 12.8. The van der Waals surface area contributed by atoms with Crippen molar-refractivity contribution in [1.29, 1.82) is 0 Å². The zero-order valence-electron chi connectivity index (χ0n) is 16.9. The van der Waals surface area contributed by atoms with E-state index in [4.69, 9.17) is 4.74 Å². The number of nitrogens with zero attached hydrogens (tertiary/aromatic N) is 1. The normalized spacial score (nSPS) is 14.4. The maximum Gasteiger partial charge on any atom is 0.416 e. The highest BCUT2D eigenvalue weighted by molar-refractivity contribution is 6.02. The van der Waals surface area contributed by atoms with Gasteiger partial charge in [0.25, 0.3) is 0 Å². The largest absolute Gasteiger partial charge is 0.451 e. The van der Waals surface area contributed by atoms with Crippen molar-refractivity contribution in [3.63, 3.8) is 0 Å². The van der Waals surface area contributed by atoms with Gasteiger partial charge >= 0.3 is 12.1 Å². The molecule has 3 rings (SSSR count). The third-order valence-corrected chi connectivity index (χ3v) is 4.93. The van der Waals surface area contributed by atoms with E-state index in [-0.39, 0.29) is 11.5 Å². The van der Waals surface area contributed by atoms with Crippen molar-refractivity contribution >= 4 is 29.4 Å². The van der Waals surface area contributed by atoms with Gasteiger partial charge in [0, 0.05) is 30.8 Å². The molecule has 0 radical (unpaired) electrons. The molecule has 5 nitrogen and oxygen atoms in total. The first-order valence-electron chi connectivity index (χ1n) is 9.57. The van der Waals surface area contributed by atoms with Crippen LogP contribution in [0.15, 0.2) is 48.5 Å². The van der Waals surface area contributed by atoms with Crippen molar-refractivity contribution in [3.05, 3.63) is 70.8 Å². The lowest BCUT2D eigenvalue weighted by molar-refractivity contribution is -0.140. The molecule has 2 aromatic rings. The highest BCUT2D eigenvalue weighted by Crippen LogP contribution is 2.30. The Morgan fingerprint density at radius 2 is 1.87 bits per heavy atom.